The van der Waals surface area contributed by atoms with Crippen LogP contribution >= 0.6 is 11.3 Å². The second-order valence-corrected chi connectivity index (χ2v) is 12.5. The first-order valence-corrected chi connectivity index (χ1v) is 14.4. The lowest BCUT2D eigenvalue weighted by atomic mass is 9.82. The molecular formula is C37H25NS. The Bertz CT molecular complexity index is 2310. The first kappa shape index (κ1) is 21.5. The molecule has 2 heteroatoms. The van der Waals surface area contributed by atoms with Gasteiger partial charge in [0.15, 0.2) is 0 Å². The Hall–Kier alpha value is -4.40. The third-order valence-electron chi connectivity index (χ3n) is 8.96. The number of fused-ring (bicyclic) bond motifs is 10. The summed E-state index contributed by atoms with van der Waals surface area (Å²) in [5.41, 5.74) is 9.28. The summed E-state index contributed by atoms with van der Waals surface area (Å²) >= 11 is 1.89. The van der Waals surface area contributed by atoms with E-state index < -0.39 is 0 Å². The van der Waals surface area contributed by atoms with Crippen molar-refractivity contribution in [3.05, 3.63) is 126 Å². The van der Waals surface area contributed by atoms with Crippen molar-refractivity contribution in [3.63, 3.8) is 0 Å². The van der Waals surface area contributed by atoms with E-state index in [-0.39, 0.29) is 5.41 Å². The van der Waals surface area contributed by atoms with Crippen molar-refractivity contribution in [2.75, 3.05) is 0 Å². The zero-order valence-electron chi connectivity index (χ0n) is 21.8. The van der Waals surface area contributed by atoms with Crippen molar-refractivity contribution in [3.8, 4) is 16.8 Å². The molecule has 2 heterocycles. The smallest absolute Gasteiger partial charge is 0.0548 e. The minimum atomic E-state index is 0.00321. The summed E-state index contributed by atoms with van der Waals surface area (Å²) in [5.74, 6) is 0. The Labute approximate surface area is 230 Å². The average molecular weight is 516 g/mol. The Kier molecular flexibility index (Phi) is 4.07. The van der Waals surface area contributed by atoms with Crippen LogP contribution in [0.3, 0.4) is 0 Å². The number of hydrogen-bond donors (Lipinski definition) is 0. The largest absolute Gasteiger partial charge is 0.309 e. The second-order valence-electron chi connectivity index (χ2n) is 11.4. The fourth-order valence-electron chi connectivity index (χ4n) is 7.04. The van der Waals surface area contributed by atoms with Crippen LogP contribution in [0.1, 0.15) is 25.0 Å². The number of aromatic nitrogens is 1. The topological polar surface area (TPSA) is 4.93 Å². The number of benzene rings is 6. The van der Waals surface area contributed by atoms with Gasteiger partial charge in [0.1, 0.15) is 0 Å². The molecule has 0 fully saturated rings. The maximum Gasteiger partial charge on any atom is 0.0548 e. The van der Waals surface area contributed by atoms with E-state index in [9.17, 15) is 0 Å². The summed E-state index contributed by atoms with van der Waals surface area (Å²) in [6.45, 7) is 4.70. The van der Waals surface area contributed by atoms with Crippen molar-refractivity contribution < 1.29 is 0 Å². The summed E-state index contributed by atoms with van der Waals surface area (Å²) in [6.07, 6.45) is 0. The Morgan fingerprint density at radius 2 is 1.21 bits per heavy atom. The highest BCUT2D eigenvalue weighted by Gasteiger charge is 2.35. The molecule has 0 unspecified atom stereocenters. The molecule has 6 aromatic carbocycles. The van der Waals surface area contributed by atoms with Gasteiger partial charge < -0.3 is 4.57 Å². The van der Waals surface area contributed by atoms with E-state index in [0.717, 1.165) is 0 Å². The third-order valence-corrected chi connectivity index (χ3v) is 10.1. The van der Waals surface area contributed by atoms with Crippen LogP contribution in [0.15, 0.2) is 115 Å². The molecule has 1 aliphatic carbocycles. The zero-order chi connectivity index (χ0) is 25.9. The normalized spacial score (nSPS) is 14.1. The quantitative estimate of drug-likeness (QED) is 0.205. The highest BCUT2D eigenvalue weighted by molar-refractivity contribution is 7.25. The van der Waals surface area contributed by atoms with Crippen molar-refractivity contribution in [2.45, 2.75) is 19.3 Å². The molecule has 0 saturated carbocycles. The van der Waals surface area contributed by atoms with Crippen LogP contribution in [-0.2, 0) is 5.41 Å². The molecule has 0 spiro atoms. The lowest BCUT2D eigenvalue weighted by Gasteiger charge is -2.21. The zero-order valence-corrected chi connectivity index (χ0v) is 22.6. The fraction of sp³-hybridized carbons (Fsp3) is 0.0811. The van der Waals surface area contributed by atoms with E-state index >= 15 is 0 Å². The summed E-state index contributed by atoms with van der Waals surface area (Å²) in [7, 11) is 0. The predicted octanol–water partition coefficient (Wildman–Crippen LogP) is 10.6. The van der Waals surface area contributed by atoms with Crippen molar-refractivity contribution in [1.29, 1.82) is 0 Å². The predicted molar refractivity (Wildman–Crippen MR) is 169 cm³/mol. The second kappa shape index (κ2) is 7.37. The molecule has 1 nitrogen and oxygen atoms in total. The molecule has 1 aliphatic rings. The average Bonchev–Trinajstić information content (AvgIpc) is 3.56. The van der Waals surface area contributed by atoms with Gasteiger partial charge in [-0.2, -0.15) is 0 Å². The van der Waals surface area contributed by atoms with Gasteiger partial charge in [0, 0.05) is 42.0 Å². The molecule has 2 aromatic heterocycles. The van der Waals surface area contributed by atoms with Gasteiger partial charge in [-0.15, -0.1) is 11.3 Å². The number of rotatable bonds is 1. The highest BCUT2D eigenvalue weighted by atomic mass is 32.1. The molecule has 8 aromatic rings. The Morgan fingerprint density at radius 3 is 2.10 bits per heavy atom. The standard InChI is InChI=1S/C37H25NS/c1-37(2)31-13-7-5-11-25(31)27-19-24(15-16-32(27)37)38-33-18-23-10-4-3-9-22(23)17-28(33)29-21-36-30(20-34(29)38)26-12-6-8-14-35(26)39-36/h3-21H,1-2H3. The van der Waals surface area contributed by atoms with Crippen LogP contribution in [0.5, 0.6) is 0 Å². The van der Waals surface area contributed by atoms with Gasteiger partial charge >= 0.3 is 0 Å². The van der Waals surface area contributed by atoms with E-state index in [1.807, 2.05) is 11.3 Å². The number of hydrogen-bond acceptors (Lipinski definition) is 1. The van der Waals surface area contributed by atoms with Crippen LogP contribution in [0.2, 0.25) is 0 Å². The van der Waals surface area contributed by atoms with E-state index in [2.05, 4.69) is 134 Å². The molecule has 0 N–H and O–H groups in total. The van der Waals surface area contributed by atoms with Gasteiger partial charge in [-0.1, -0.05) is 86.6 Å². The van der Waals surface area contributed by atoms with Gasteiger partial charge in [-0.3, -0.25) is 0 Å². The van der Waals surface area contributed by atoms with Crippen molar-refractivity contribution in [1.82, 2.24) is 4.57 Å². The monoisotopic (exact) mass is 515 g/mol. The maximum absolute atomic E-state index is 2.50. The van der Waals surface area contributed by atoms with Crippen molar-refractivity contribution in [2.24, 2.45) is 0 Å². The summed E-state index contributed by atoms with van der Waals surface area (Å²) in [4.78, 5) is 0. The minimum absolute atomic E-state index is 0.00321. The molecule has 0 amide bonds. The first-order valence-electron chi connectivity index (χ1n) is 13.6. The Balaban J connectivity index is 1.43. The summed E-state index contributed by atoms with van der Waals surface area (Å²) in [6, 6.07) is 43.2. The molecule has 184 valence electrons. The minimum Gasteiger partial charge on any atom is -0.309 e. The molecule has 0 saturated heterocycles. The number of thiophene rings is 1. The molecular weight excluding hydrogens is 490 g/mol. The Morgan fingerprint density at radius 1 is 0.513 bits per heavy atom. The lowest BCUT2D eigenvalue weighted by molar-refractivity contribution is 0.660. The molecule has 0 bridgehead atoms. The fourth-order valence-corrected chi connectivity index (χ4v) is 8.17. The van der Waals surface area contributed by atoms with E-state index in [4.69, 9.17) is 0 Å². The first-order chi connectivity index (χ1) is 19.1. The van der Waals surface area contributed by atoms with Crippen LogP contribution in [-0.4, -0.2) is 4.57 Å². The number of nitrogens with zero attached hydrogens (tertiary/aromatic N) is 1. The van der Waals surface area contributed by atoms with E-state index in [1.54, 1.807) is 0 Å². The maximum atomic E-state index is 2.50. The van der Waals surface area contributed by atoms with Gasteiger partial charge in [-0.25, -0.2) is 0 Å². The molecule has 0 aliphatic heterocycles. The van der Waals surface area contributed by atoms with Crippen LogP contribution < -0.4 is 0 Å². The van der Waals surface area contributed by atoms with Crippen molar-refractivity contribution >= 4 is 64.1 Å². The molecule has 39 heavy (non-hydrogen) atoms. The summed E-state index contributed by atoms with van der Waals surface area (Å²) < 4.78 is 5.19. The third kappa shape index (κ3) is 2.79. The summed E-state index contributed by atoms with van der Waals surface area (Å²) in [5, 5.41) is 7.86. The van der Waals surface area contributed by atoms with E-state index in [1.165, 1.54) is 80.7 Å². The van der Waals surface area contributed by atoms with Gasteiger partial charge in [0.2, 0.25) is 0 Å². The molecule has 0 atom stereocenters. The van der Waals surface area contributed by atoms with Crippen LogP contribution in [0.4, 0.5) is 0 Å². The SMILES string of the molecule is CC1(C)c2ccccc2-c2cc(-n3c4cc5ccccc5cc4c4cc5sc6ccccc6c5cc43)ccc21. The molecule has 9 rings (SSSR count). The lowest BCUT2D eigenvalue weighted by Crippen LogP contribution is -2.14. The molecule has 0 radical (unpaired) electrons. The highest BCUT2D eigenvalue weighted by Crippen LogP contribution is 2.50. The van der Waals surface area contributed by atoms with Crippen LogP contribution in [0.25, 0.3) is 69.6 Å². The van der Waals surface area contributed by atoms with Gasteiger partial charge in [-0.05, 0) is 75.5 Å². The van der Waals surface area contributed by atoms with Crippen LogP contribution in [0, 0.1) is 0 Å². The van der Waals surface area contributed by atoms with Gasteiger partial charge in [0.05, 0.1) is 11.0 Å². The van der Waals surface area contributed by atoms with E-state index in [0.29, 0.717) is 0 Å². The van der Waals surface area contributed by atoms with Gasteiger partial charge in [0.25, 0.3) is 0 Å².